The quantitative estimate of drug-likeness (QED) is 0.523. The van der Waals surface area contributed by atoms with E-state index in [1.54, 1.807) is 36.2 Å². The first-order valence-corrected chi connectivity index (χ1v) is 11.6. The lowest BCUT2D eigenvalue weighted by Crippen LogP contribution is -2.47. The van der Waals surface area contributed by atoms with Crippen molar-refractivity contribution in [3.8, 4) is 0 Å². The van der Waals surface area contributed by atoms with Gasteiger partial charge in [0.05, 0.1) is 24.1 Å². The van der Waals surface area contributed by atoms with E-state index in [-0.39, 0.29) is 11.0 Å². The monoisotopic (exact) mass is 464 g/mol. The Morgan fingerprint density at radius 3 is 2.64 bits per heavy atom. The van der Waals surface area contributed by atoms with Gasteiger partial charge in [0.15, 0.2) is 5.11 Å². The number of ether oxygens (including phenoxy) is 1. The summed E-state index contributed by atoms with van der Waals surface area (Å²) >= 11 is 5.49. The van der Waals surface area contributed by atoms with Crippen LogP contribution in [0.15, 0.2) is 53.5 Å². The number of thiocarbonyl (C=S) groups is 1. The van der Waals surface area contributed by atoms with Crippen LogP contribution in [0.4, 0.5) is 11.4 Å². The Morgan fingerprint density at radius 2 is 1.88 bits per heavy atom. The lowest BCUT2D eigenvalue weighted by atomic mass is 9.83. The minimum absolute atomic E-state index is 0.180. The molecule has 1 aliphatic carbocycles. The Kier molecular flexibility index (Phi) is 7.03. The van der Waals surface area contributed by atoms with Crippen LogP contribution in [0, 0.1) is 5.92 Å². The zero-order valence-electron chi connectivity index (χ0n) is 18.8. The lowest BCUT2D eigenvalue weighted by molar-refractivity contribution is -0.119. The van der Waals surface area contributed by atoms with Crippen molar-refractivity contribution in [2.24, 2.45) is 10.9 Å². The predicted molar refractivity (Wildman–Crippen MR) is 134 cm³/mol. The highest BCUT2D eigenvalue weighted by atomic mass is 32.1. The van der Waals surface area contributed by atoms with E-state index in [1.165, 1.54) is 26.4 Å². The molecule has 2 aromatic carbocycles. The third-order valence-corrected chi connectivity index (χ3v) is 6.40. The summed E-state index contributed by atoms with van der Waals surface area (Å²) in [6, 6.07) is 14.8. The molecular weight excluding hydrogens is 436 g/mol. The Balaban J connectivity index is 1.59. The first kappa shape index (κ1) is 22.9. The van der Waals surface area contributed by atoms with Gasteiger partial charge in [0, 0.05) is 24.2 Å². The zero-order chi connectivity index (χ0) is 23.4. The first-order chi connectivity index (χ1) is 16.0. The molecular formula is C25H28N4O3S. The SMILES string of the molecule is COC(=O)c1cccc(NC(=S)NC2N=C(C3CCCCC3)c3ccccc3N(C)C2=O)c1. The second-order valence-corrected chi connectivity index (χ2v) is 8.75. The molecule has 1 heterocycles. The number of fused-ring (bicyclic) bond motifs is 1. The summed E-state index contributed by atoms with van der Waals surface area (Å²) in [5.74, 6) is -0.292. The highest BCUT2D eigenvalue weighted by Crippen LogP contribution is 2.33. The van der Waals surface area contributed by atoms with Gasteiger partial charge < -0.3 is 20.3 Å². The molecule has 1 fully saturated rings. The zero-order valence-corrected chi connectivity index (χ0v) is 19.7. The number of likely N-dealkylation sites (N-methyl/N-ethyl adjacent to an activating group) is 1. The second-order valence-electron chi connectivity index (χ2n) is 8.34. The van der Waals surface area contributed by atoms with Gasteiger partial charge >= 0.3 is 5.97 Å². The summed E-state index contributed by atoms with van der Waals surface area (Å²) in [7, 11) is 3.11. The van der Waals surface area contributed by atoms with Crippen molar-refractivity contribution in [2.75, 3.05) is 24.4 Å². The standard InChI is InChI=1S/C25H28N4O3S/c1-29-20-14-7-6-13-19(20)21(16-9-4-3-5-10-16)27-22(23(29)30)28-25(33)26-18-12-8-11-17(15-18)24(31)32-2/h6-8,11-16,22H,3-5,9-10H2,1-2H3,(H2,26,28,33). The van der Waals surface area contributed by atoms with E-state index < -0.39 is 12.1 Å². The number of nitrogens with one attached hydrogen (secondary N) is 2. The molecule has 0 spiro atoms. The Morgan fingerprint density at radius 1 is 1.12 bits per heavy atom. The highest BCUT2D eigenvalue weighted by Gasteiger charge is 2.33. The van der Waals surface area contributed by atoms with Crippen molar-refractivity contribution in [3.05, 3.63) is 59.7 Å². The molecule has 4 rings (SSSR count). The third kappa shape index (κ3) is 5.06. The average Bonchev–Trinajstić information content (AvgIpc) is 2.95. The van der Waals surface area contributed by atoms with Gasteiger partial charge in [-0.2, -0.15) is 0 Å². The van der Waals surface area contributed by atoms with Crippen LogP contribution in [-0.4, -0.2) is 43.0 Å². The van der Waals surface area contributed by atoms with Crippen molar-refractivity contribution < 1.29 is 14.3 Å². The molecule has 2 aromatic rings. The number of hydrogen-bond donors (Lipinski definition) is 2. The average molecular weight is 465 g/mol. The van der Waals surface area contributed by atoms with Crippen LogP contribution in [0.3, 0.4) is 0 Å². The number of carbonyl (C=O) groups is 2. The number of nitrogens with zero attached hydrogens (tertiary/aromatic N) is 2. The molecule has 1 aliphatic heterocycles. The Hall–Kier alpha value is -3.26. The molecule has 33 heavy (non-hydrogen) atoms. The van der Waals surface area contributed by atoms with Crippen molar-refractivity contribution in [1.82, 2.24) is 5.32 Å². The molecule has 172 valence electrons. The lowest BCUT2D eigenvalue weighted by Gasteiger charge is -2.25. The summed E-state index contributed by atoms with van der Waals surface area (Å²) in [4.78, 5) is 31.7. The molecule has 0 aromatic heterocycles. The number of anilines is 2. The van der Waals surface area contributed by atoms with Crippen LogP contribution in [0.5, 0.6) is 0 Å². The number of amides is 1. The first-order valence-electron chi connectivity index (χ1n) is 11.2. The molecule has 1 atom stereocenters. The Bertz CT molecular complexity index is 1090. The molecule has 7 nitrogen and oxygen atoms in total. The van der Waals surface area contributed by atoms with E-state index in [1.807, 2.05) is 24.3 Å². The number of hydrogen-bond acceptors (Lipinski definition) is 5. The van der Waals surface area contributed by atoms with Crippen molar-refractivity contribution in [1.29, 1.82) is 0 Å². The summed E-state index contributed by atoms with van der Waals surface area (Å²) in [5, 5.41) is 6.38. The molecule has 8 heteroatoms. The second kappa shape index (κ2) is 10.1. The Labute approximate surface area is 199 Å². The number of esters is 1. The third-order valence-electron chi connectivity index (χ3n) is 6.18. The predicted octanol–water partition coefficient (Wildman–Crippen LogP) is 4.13. The fraction of sp³-hybridized carbons (Fsp3) is 0.360. The molecule has 0 bridgehead atoms. The number of para-hydroxylation sites is 1. The number of benzodiazepines with no additional fused rings is 1. The summed E-state index contributed by atoms with van der Waals surface area (Å²) in [6.07, 6.45) is 4.88. The molecule has 1 saturated carbocycles. The van der Waals surface area contributed by atoms with Crippen LogP contribution in [0.25, 0.3) is 0 Å². The van der Waals surface area contributed by atoms with E-state index in [2.05, 4.69) is 10.6 Å². The van der Waals surface area contributed by atoms with E-state index in [4.69, 9.17) is 21.9 Å². The molecule has 1 amide bonds. The summed E-state index contributed by atoms with van der Waals surface area (Å²) < 4.78 is 4.77. The maximum atomic E-state index is 13.3. The molecule has 2 aliphatic rings. The number of rotatable bonds is 4. The van der Waals surface area contributed by atoms with Crippen LogP contribution >= 0.6 is 12.2 Å². The van der Waals surface area contributed by atoms with Gasteiger partial charge in [-0.1, -0.05) is 43.5 Å². The molecule has 0 saturated heterocycles. The number of benzene rings is 2. The maximum Gasteiger partial charge on any atom is 0.337 e. The van der Waals surface area contributed by atoms with E-state index in [0.717, 1.165) is 29.8 Å². The minimum atomic E-state index is -0.844. The van der Waals surface area contributed by atoms with Gasteiger partial charge in [-0.25, -0.2) is 4.79 Å². The van der Waals surface area contributed by atoms with E-state index in [9.17, 15) is 9.59 Å². The smallest absolute Gasteiger partial charge is 0.337 e. The van der Waals surface area contributed by atoms with Crippen molar-refractivity contribution in [3.63, 3.8) is 0 Å². The van der Waals surface area contributed by atoms with Crippen molar-refractivity contribution >= 4 is 46.3 Å². The van der Waals surface area contributed by atoms with Gasteiger partial charge in [-0.15, -0.1) is 0 Å². The van der Waals surface area contributed by atoms with Crippen LogP contribution in [0.1, 0.15) is 48.0 Å². The van der Waals surface area contributed by atoms with Gasteiger partial charge in [-0.05, 0) is 49.3 Å². The normalized spacial score (nSPS) is 18.6. The fourth-order valence-corrected chi connectivity index (χ4v) is 4.71. The maximum absolute atomic E-state index is 13.3. The minimum Gasteiger partial charge on any atom is -0.465 e. The molecule has 0 radical (unpaired) electrons. The van der Waals surface area contributed by atoms with Crippen LogP contribution in [-0.2, 0) is 9.53 Å². The highest BCUT2D eigenvalue weighted by molar-refractivity contribution is 7.80. The number of carbonyl (C=O) groups excluding carboxylic acids is 2. The van der Waals surface area contributed by atoms with Gasteiger partial charge in [0.2, 0.25) is 6.17 Å². The number of methoxy groups -OCH3 is 1. The fourth-order valence-electron chi connectivity index (χ4n) is 4.48. The number of aliphatic imine (C=N–C) groups is 1. The summed E-state index contributed by atoms with van der Waals surface area (Å²) in [6.45, 7) is 0. The van der Waals surface area contributed by atoms with Crippen LogP contribution in [0.2, 0.25) is 0 Å². The topological polar surface area (TPSA) is 83.0 Å². The van der Waals surface area contributed by atoms with Crippen molar-refractivity contribution in [2.45, 2.75) is 38.3 Å². The molecule has 2 N–H and O–H groups in total. The molecule has 1 unspecified atom stereocenters. The van der Waals surface area contributed by atoms with E-state index in [0.29, 0.717) is 17.2 Å². The van der Waals surface area contributed by atoms with Crippen LogP contribution < -0.4 is 15.5 Å². The van der Waals surface area contributed by atoms with Gasteiger partial charge in [-0.3, -0.25) is 9.79 Å². The summed E-state index contributed by atoms with van der Waals surface area (Å²) in [5.41, 5.74) is 3.86. The van der Waals surface area contributed by atoms with Gasteiger partial charge in [0.1, 0.15) is 0 Å². The largest absolute Gasteiger partial charge is 0.465 e. The van der Waals surface area contributed by atoms with Gasteiger partial charge in [0.25, 0.3) is 5.91 Å². The van der Waals surface area contributed by atoms with E-state index >= 15 is 0 Å².